The predicted octanol–water partition coefficient (Wildman–Crippen LogP) is 0.226. The summed E-state index contributed by atoms with van der Waals surface area (Å²) in [6.07, 6.45) is 3.70. The zero-order valence-electron chi connectivity index (χ0n) is 14.4. The van der Waals surface area contributed by atoms with Gasteiger partial charge < -0.3 is 24.4 Å². The molecule has 0 aromatic carbocycles. The Kier molecular flexibility index (Phi) is 4.91. The molecule has 1 amide bonds. The van der Waals surface area contributed by atoms with E-state index in [0.717, 1.165) is 39.0 Å². The number of aromatic nitrogens is 4. The van der Waals surface area contributed by atoms with Crippen LogP contribution in [0.15, 0.2) is 16.8 Å². The van der Waals surface area contributed by atoms with Crippen LogP contribution >= 0.6 is 0 Å². The van der Waals surface area contributed by atoms with Crippen LogP contribution in [0, 0.1) is 0 Å². The molecule has 1 N–H and O–H groups in total. The van der Waals surface area contributed by atoms with E-state index in [4.69, 9.17) is 9.26 Å². The van der Waals surface area contributed by atoms with E-state index in [9.17, 15) is 4.79 Å². The highest BCUT2D eigenvalue weighted by Crippen LogP contribution is 2.19. The summed E-state index contributed by atoms with van der Waals surface area (Å²) in [7, 11) is 0. The second-order valence-corrected chi connectivity index (χ2v) is 6.20. The highest BCUT2D eigenvalue weighted by Gasteiger charge is 2.21. The summed E-state index contributed by atoms with van der Waals surface area (Å²) in [5, 5.41) is 6.30. The van der Waals surface area contributed by atoms with Crippen molar-refractivity contribution in [3.63, 3.8) is 0 Å². The third-order valence-corrected chi connectivity index (χ3v) is 4.41. The first kappa shape index (κ1) is 16.7. The molecule has 4 heterocycles. The maximum atomic E-state index is 12.1. The summed E-state index contributed by atoms with van der Waals surface area (Å²) < 4.78 is 10.3. The first-order chi connectivity index (χ1) is 12.8. The number of nitrogens with zero attached hydrogens (tertiary/aromatic N) is 6. The third-order valence-electron chi connectivity index (χ3n) is 4.41. The van der Waals surface area contributed by atoms with Crippen LogP contribution in [0.2, 0.25) is 0 Å². The molecule has 2 aliphatic heterocycles. The molecule has 26 heavy (non-hydrogen) atoms. The summed E-state index contributed by atoms with van der Waals surface area (Å²) in [6.45, 7) is 4.87. The fourth-order valence-corrected chi connectivity index (χ4v) is 3.02. The Hall–Kier alpha value is -2.75. The summed E-state index contributed by atoms with van der Waals surface area (Å²) in [4.78, 5) is 30.0. The maximum absolute atomic E-state index is 12.1. The molecule has 2 aromatic heterocycles. The number of carbonyl (C=O) groups excluding carboxylic acids is 1. The number of anilines is 2. The van der Waals surface area contributed by atoms with E-state index >= 15 is 0 Å². The van der Waals surface area contributed by atoms with Gasteiger partial charge in [-0.05, 0) is 12.8 Å². The quantitative estimate of drug-likeness (QED) is 0.802. The predicted molar refractivity (Wildman–Crippen MR) is 92.0 cm³/mol. The van der Waals surface area contributed by atoms with Gasteiger partial charge in [-0.1, -0.05) is 5.16 Å². The molecule has 138 valence electrons. The van der Waals surface area contributed by atoms with Crippen molar-refractivity contribution in [1.29, 1.82) is 0 Å². The average molecular weight is 359 g/mol. The van der Waals surface area contributed by atoms with Crippen molar-refractivity contribution in [3.8, 4) is 0 Å². The lowest BCUT2D eigenvalue weighted by molar-refractivity contribution is 0.0913. The van der Waals surface area contributed by atoms with Gasteiger partial charge in [-0.2, -0.15) is 15.0 Å². The molecule has 0 bridgehead atoms. The van der Waals surface area contributed by atoms with E-state index in [2.05, 4.69) is 35.2 Å². The van der Waals surface area contributed by atoms with Crippen LogP contribution in [0.4, 0.5) is 11.9 Å². The highest BCUT2D eigenvalue weighted by atomic mass is 16.5. The van der Waals surface area contributed by atoms with Gasteiger partial charge in [0.05, 0.1) is 26.0 Å². The smallest absolute Gasteiger partial charge is 0.290 e. The molecule has 0 radical (unpaired) electrons. The lowest BCUT2D eigenvalue weighted by Crippen LogP contribution is -2.38. The van der Waals surface area contributed by atoms with Crippen molar-refractivity contribution in [2.75, 3.05) is 49.2 Å². The summed E-state index contributed by atoms with van der Waals surface area (Å²) in [5.41, 5.74) is 0. The Labute approximate surface area is 150 Å². The molecular formula is C16H21N7O3. The Balaban J connectivity index is 1.53. The number of hydrogen-bond acceptors (Lipinski definition) is 9. The molecule has 0 unspecified atom stereocenters. The minimum Gasteiger partial charge on any atom is -0.378 e. The molecule has 2 aliphatic rings. The van der Waals surface area contributed by atoms with Crippen molar-refractivity contribution in [2.24, 2.45) is 0 Å². The minimum atomic E-state index is -0.349. The van der Waals surface area contributed by atoms with Gasteiger partial charge >= 0.3 is 0 Å². The molecular weight excluding hydrogens is 338 g/mol. The molecule has 2 saturated heterocycles. The molecule has 0 spiro atoms. The summed E-state index contributed by atoms with van der Waals surface area (Å²) >= 11 is 0. The number of hydrogen-bond donors (Lipinski definition) is 1. The van der Waals surface area contributed by atoms with Crippen molar-refractivity contribution in [3.05, 3.63) is 23.8 Å². The fourth-order valence-electron chi connectivity index (χ4n) is 3.02. The lowest BCUT2D eigenvalue weighted by Gasteiger charge is -2.28. The van der Waals surface area contributed by atoms with Crippen LogP contribution in [0.1, 0.15) is 29.2 Å². The Bertz CT molecular complexity index is 740. The van der Waals surface area contributed by atoms with Gasteiger partial charge in [0.2, 0.25) is 17.7 Å². The van der Waals surface area contributed by atoms with Gasteiger partial charge in [0.1, 0.15) is 0 Å². The number of rotatable bonds is 5. The number of ether oxygens (including phenoxy) is 1. The normalized spacial score (nSPS) is 17.5. The van der Waals surface area contributed by atoms with E-state index in [-0.39, 0.29) is 18.2 Å². The third kappa shape index (κ3) is 3.74. The maximum Gasteiger partial charge on any atom is 0.290 e. The fraction of sp³-hybridized carbons (Fsp3) is 0.562. The van der Waals surface area contributed by atoms with Crippen LogP contribution < -0.4 is 15.1 Å². The standard InChI is InChI=1S/C16H21N7O3/c24-14(12-3-4-18-26-12)17-11-13-19-15(22-5-1-2-6-22)21-16(20-13)23-7-9-25-10-8-23/h3-4H,1-2,5-11H2,(H,17,24). The molecule has 0 saturated carbocycles. The van der Waals surface area contributed by atoms with Gasteiger partial charge in [-0.3, -0.25) is 4.79 Å². The molecule has 10 heteroatoms. The van der Waals surface area contributed by atoms with Gasteiger partial charge in [0.25, 0.3) is 5.91 Å². The van der Waals surface area contributed by atoms with E-state index in [0.29, 0.717) is 30.9 Å². The van der Waals surface area contributed by atoms with Crippen molar-refractivity contribution in [1.82, 2.24) is 25.4 Å². The second kappa shape index (κ2) is 7.65. The molecule has 10 nitrogen and oxygen atoms in total. The number of carbonyl (C=O) groups is 1. The van der Waals surface area contributed by atoms with Crippen molar-refractivity contribution < 1.29 is 14.1 Å². The van der Waals surface area contributed by atoms with E-state index in [1.807, 2.05) is 0 Å². The van der Waals surface area contributed by atoms with Gasteiger partial charge in [-0.15, -0.1) is 0 Å². The van der Waals surface area contributed by atoms with Crippen LogP contribution in [0.5, 0.6) is 0 Å². The Morgan fingerprint density at radius 1 is 1.04 bits per heavy atom. The number of amides is 1. The zero-order chi connectivity index (χ0) is 17.8. The largest absolute Gasteiger partial charge is 0.378 e. The van der Waals surface area contributed by atoms with E-state index in [1.165, 1.54) is 12.3 Å². The van der Waals surface area contributed by atoms with Gasteiger partial charge in [-0.25, -0.2) is 0 Å². The Morgan fingerprint density at radius 2 is 1.73 bits per heavy atom. The summed E-state index contributed by atoms with van der Waals surface area (Å²) in [6, 6.07) is 1.51. The van der Waals surface area contributed by atoms with E-state index < -0.39 is 0 Å². The zero-order valence-corrected chi connectivity index (χ0v) is 14.4. The van der Waals surface area contributed by atoms with Crippen LogP contribution in [-0.4, -0.2) is 65.4 Å². The molecule has 2 aromatic rings. The van der Waals surface area contributed by atoms with Gasteiger partial charge in [0, 0.05) is 32.2 Å². The molecule has 2 fully saturated rings. The molecule has 4 rings (SSSR count). The second-order valence-electron chi connectivity index (χ2n) is 6.20. The lowest BCUT2D eigenvalue weighted by atomic mass is 10.4. The first-order valence-electron chi connectivity index (χ1n) is 8.81. The van der Waals surface area contributed by atoms with Crippen LogP contribution in [-0.2, 0) is 11.3 Å². The SMILES string of the molecule is O=C(NCc1nc(N2CCCC2)nc(N2CCOCC2)n1)c1ccno1. The number of nitrogens with one attached hydrogen (secondary N) is 1. The van der Waals surface area contributed by atoms with Crippen LogP contribution in [0.25, 0.3) is 0 Å². The van der Waals surface area contributed by atoms with Crippen LogP contribution in [0.3, 0.4) is 0 Å². The van der Waals surface area contributed by atoms with Crippen molar-refractivity contribution >= 4 is 17.8 Å². The minimum absolute atomic E-state index is 0.159. The Morgan fingerprint density at radius 3 is 2.38 bits per heavy atom. The average Bonchev–Trinajstić information content (AvgIpc) is 3.40. The monoisotopic (exact) mass is 359 g/mol. The topological polar surface area (TPSA) is 110 Å². The van der Waals surface area contributed by atoms with Crippen molar-refractivity contribution in [2.45, 2.75) is 19.4 Å². The summed E-state index contributed by atoms with van der Waals surface area (Å²) in [5.74, 6) is 1.64. The molecule has 0 aliphatic carbocycles. The molecule has 0 atom stereocenters. The van der Waals surface area contributed by atoms with E-state index in [1.54, 1.807) is 0 Å². The highest BCUT2D eigenvalue weighted by molar-refractivity contribution is 5.91. The van der Waals surface area contributed by atoms with Gasteiger partial charge in [0.15, 0.2) is 5.82 Å². The first-order valence-corrected chi connectivity index (χ1v) is 8.81. The number of morpholine rings is 1.